The Bertz CT molecular complexity index is 1810. The highest BCUT2D eigenvalue weighted by atomic mass is 35.5. The Morgan fingerprint density at radius 2 is 1.70 bits per heavy atom. The fourth-order valence-corrected chi connectivity index (χ4v) is 5.54. The number of Topliss-reactive ketones (excluding diaryl/α,β-unsaturated/α-hetero) is 1. The number of sulfonamides is 1. The summed E-state index contributed by atoms with van der Waals surface area (Å²) < 4.78 is 37.5. The lowest BCUT2D eigenvalue weighted by Gasteiger charge is -2.24. The number of ether oxygens (including phenoxy) is 2. The van der Waals surface area contributed by atoms with Gasteiger partial charge >= 0.3 is 0 Å². The van der Waals surface area contributed by atoms with E-state index in [4.69, 9.17) is 21.1 Å². The molecule has 1 amide bonds. The zero-order valence-electron chi connectivity index (χ0n) is 30.4. The van der Waals surface area contributed by atoms with E-state index in [1.807, 2.05) is 63.8 Å². The van der Waals surface area contributed by atoms with Crippen molar-refractivity contribution in [1.29, 1.82) is 0 Å². The first kappa shape index (κ1) is 40.5. The zero-order valence-corrected chi connectivity index (χ0v) is 32.0. The number of aliphatic imine (C=N–C) groups is 1. The molecule has 0 fully saturated rings. The standard InChI is InChI=1S/C37H50ClN5O6S/c1-10-33(49-32-17-12-24(3)20-26(32)5)48-23-39-27-13-15-29(38)31(22-27)42-36(45)34(35(44)37(6,7)8)41-30-16-14-28(21-25(30)4)43(11-2)19-18-40-50(9,46)47/h12-17,20-22,33,39-40H,10-11,18-19,23H2,1-9H3,(H,42,45)/b41-34-. The van der Waals surface area contributed by atoms with E-state index in [-0.39, 0.29) is 24.0 Å². The van der Waals surface area contributed by atoms with Gasteiger partial charge in [0.15, 0.2) is 11.5 Å². The third-order valence-corrected chi connectivity index (χ3v) is 8.76. The summed E-state index contributed by atoms with van der Waals surface area (Å²) in [6.45, 7) is 16.5. The van der Waals surface area contributed by atoms with Crippen LogP contribution in [0.2, 0.25) is 5.02 Å². The van der Waals surface area contributed by atoms with E-state index in [0.717, 1.165) is 34.4 Å². The Morgan fingerprint density at radius 1 is 0.980 bits per heavy atom. The molecule has 0 aromatic heterocycles. The predicted molar refractivity (Wildman–Crippen MR) is 204 cm³/mol. The van der Waals surface area contributed by atoms with Gasteiger partial charge in [-0.2, -0.15) is 0 Å². The predicted octanol–water partition coefficient (Wildman–Crippen LogP) is 7.17. The van der Waals surface area contributed by atoms with Crippen LogP contribution in [-0.2, 0) is 24.3 Å². The number of carbonyl (C=O) groups excluding carboxylic acids is 2. The summed E-state index contributed by atoms with van der Waals surface area (Å²) in [4.78, 5) is 33.9. The van der Waals surface area contributed by atoms with Crippen molar-refractivity contribution in [3.8, 4) is 5.75 Å². The van der Waals surface area contributed by atoms with Gasteiger partial charge in [-0.3, -0.25) is 9.59 Å². The highest BCUT2D eigenvalue weighted by molar-refractivity contribution is 7.88. The molecule has 3 rings (SSSR count). The molecule has 50 heavy (non-hydrogen) atoms. The van der Waals surface area contributed by atoms with Crippen molar-refractivity contribution in [1.82, 2.24) is 4.72 Å². The Morgan fingerprint density at radius 3 is 2.30 bits per heavy atom. The maximum atomic E-state index is 13.7. The van der Waals surface area contributed by atoms with Crippen LogP contribution in [0.5, 0.6) is 5.75 Å². The summed E-state index contributed by atoms with van der Waals surface area (Å²) in [6, 6.07) is 16.5. The van der Waals surface area contributed by atoms with Crippen molar-refractivity contribution in [3.05, 3.63) is 76.3 Å². The molecule has 1 atom stereocenters. The number of likely N-dealkylation sites (N-methyl/N-ethyl adjacent to an activating group) is 1. The first-order valence-corrected chi connectivity index (χ1v) is 18.8. The summed E-state index contributed by atoms with van der Waals surface area (Å²) in [5.74, 6) is -0.373. The summed E-state index contributed by atoms with van der Waals surface area (Å²) in [5, 5.41) is 6.23. The van der Waals surface area contributed by atoms with Crippen LogP contribution in [0, 0.1) is 26.2 Å². The molecule has 272 valence electrons. The molecule has 0 radical (unpaired) electrons. The van der Waals surface area contributed by atoms with Gasteiger partial charge in [0.2, 0.25) is 16.3 Å². The number of amides is 1. The number of carbonyl (C=O) groups is 2. The second kappa shape index (κ2) is 17.8. The maximum Gasteiger partial charge on any atom is 0.278 e. The Kier molecular flexibility index (Phi) is 14.4. The molecule has 0 saturated heterocycles. The molecule has 0 aliphatic rings. The minimum absolute atomic E-state index is 0.132. The summed E-state index contributed by atoms with van der Waals surface area (Å²) in [7, 11) is -3.30. The van der Waals surface area contributed by atoms with E-state index in [2.05, 4.69) is 26.4 Å². The number of anilines is 3. The molecular weight excluding hydrogens is 678 g/mol. The second-order valence-electron chi connectivity index (χ2n) is 13.1. The van der Waals surface area contributed by atoms with E-state index >= 15 is 0 Å². The quantitative estimate of drug-likeness (QED) is 0.0756. The van der Waals surface area contributed by atoms with Gasteiger partial charge < -0.3 is 25.0 Å². The summed E-state index contributed by atoms with van der Waals surface area (Å²) in [6.07, 6.45) is 1.27. The van der Waals surface area contributed by atoms with E-state index in [0.29, 0.717) is 36.6 Å². The number of halogens is 1. The van der Waals surface area contributed by atoms with E-state index in [1.54, 1.807) is 45.0 Å². The average Bonchev–Trinajstić information content (AvgIpc) is 3.03. The maximum absolute atomic E-state index is 13.7. The lowest BCUT2D eigenvalue weighted by atomic mass is 9.87. The van der Waals surface area contributed by atoms with Gasteiger partial charge in [0.25, 0.3) is 5.91 Å². The van der Waals surface area contributed by atoms with Crippen LogP contribution in [-0.4, -0.2) is 64.7 Å². The zero-order chi connectivity index (χ0) is 37.2. The van der Waals surface area contributed by atoms with Crippen LogP contribution in [0.3, 0.4) is 0 Å². The lowest BCUT2D eigenvalue weighted by molar-refractivity contribution is -0.121. The van der Waals surface area contributed by atoms with Gasteiger partial charge in [-0.1, -0.05) is 57.0 Å². The number of nitrogens with zero attached hydrogens (tertiary/aromatic N) is 2. The van der Waals surface area contributed by atoms with Crippen molar-refractivity contribution >= 4 is 61.8 Å². The van der Waals surface area contributed by atoms with Crippen molar-refractivity contribution in [2.45, 2.75) is 68.1 Å². The van der Waals surface area contributed by atoms with Crippen molar-refractivity contribution in [2.24, 2.45) is 10.4 Å². The third kappa shape index (κ3) is 12.1. The molecule has 11 nitrogen and oxygen atoms in total. The molecule has 3 aromatic carbocycles. The van der Waals surface area contributed by atoms with Crippen LogP contribution >= 0.6 is 11.6 Å². The van der Waals surface area contributed by atoms with Gasteiger partial charge in [0.05, 0.1) is 22.7 Å². The Labute approximate surface area is 301 Å². The highest BCUT2D eigenvalue weighted by Crippen LogP contribution is 2.29. The molecule has 0 spiro atoms. The normalized spacial score (nSPS) is 12.7. The molecule has 0 aliphatic carbocycles. The largest absolute Gasteiger partial charge is 0.465 e. The number of benzene rings is 3. The number of hydrogen-bond donors (Lipinski definition) is 3. The molecule has 1 unspecified atom stereocenters. The Balaban J connectivity index is 1.78. The van der Waals surface area contributed by atoms with Gasteiger partial charge in [-0.15, -0.1) is 0 Å². The van der Waals surface area contributed by atoms with E-state index in [1.165, 1.54) is 0 Å². The van der Waals surface area contributed by atoms with Gasteiger partial charge in [0, 0.05) is 42.8 Å². The molecule has 0 bridgehead atoms. The number of ketones is 1. The molecule has 0 aliphatic heterocycles. The molecule has 0 heterocycles. The number of rotatable bonds is 17. The van der Waals surface area contributed by atoms with Crippen molar-refractivity contribution in [2.75, 3.05) is 48.2 Å². The molecule has 0 saturated carbocycles. The number of aryl methyl sites for hydroxylation is 3. The van der Waals surface area contributed by atoms with Crippen LogP contribution in [0.4, 0.5) is 22.7 Å². The van der Waals surface area contributed by atoms with E-state index in [9.17, 15) is 18.0 Å². The Hall–Kier alpha value is -3.97. The number of hydrogen-bond acceptors (Lipinski definition) is 9. The first-order valence-electron chi connectivity index (χ1n) is 16.6. The third-order valence-electron chi connectivity index (χ3n) is 7.70. The topological polar surface area (TPSA) is 138 Å². The van der Waals surface area contributed by atoms with Gasteiger partial charge in [-0.05, 0) is 81.3 Å². The molecular formula is C37H50ClN5O6S. The average molecular weight is 728 g/mol. The second-order valence-corrected chi connectivity index (χ2v) is 15.4. The van der Waals surface area contributed by atoms with Gasteiger partial charge in [-0.25, -0.2) is 18.1 Å². The van der Waals surface area contributed by atoms with Crippen LogP contribution in [0.15, 0.2) is 59.6 Å². The van der Waals surface area contributed by atoms with E-state index < -0.39 is 33.4 Å². The highest BCUT2D eigenvalue weighted by Gasteiger charge is 2.31. The minimum atomic E-state index is -3.30. The SMILES string of the molecule is CCC(OCNc1ccc(Cl)c(NC(=O)/C(=N\c2ccc(N(CC)CCNS(C)(=O)=O)cc2C)C(=O)C(C)(C)C)c1)Oc1ccc(C)cc1C. The van der Waals surface area contributed by atoms with Crippen molar-refractivity contribution < 1.29 is 27.5 Å². The van der Waals surface area contributed by atoms with Crippen LogP contribution in [0.1, 0.15) is 57.7 Å². The van der Waals surface area contributed by atoms with Crippen molar-refractivity contribution in [3.63, 3.8) is 0 Å². The molecule has 3 N–H and O–H groups in total. The van der Waals surface area contributed by atoms with Gasteiger partial charge in [0.1, 0.15) is 12.5 Å². The first-order chi connectivity index (χ1) is 23.4. The fourth-order valence-electron chi connectivity index (χ4n) is 4.92. The molecule has 13 heteroatoms. The smallest absolute Gasteiger partial charge is 0.278 e. The summed E-state index contributed by atoms with van der Waals surface area (Å²) >= 11 is 6.48. The lowest BCUT2D eigenvalue weighted by Crippen LogP contribution is -2.37. The van der Waals surface area contributed by atoms with Crippen LogP contribution < -0.4 is 25.0 Å². The van der Waals surface area contributed by atoms with Crippen LogP contribution in [0.25, 0.3) is 0 Å². The fraction of sp³-hybridized carbons (Fsp3) is 0.432. The monoisotopic (exact) mass is 727 g/mol. The number of nitrogens with one attached hydrogen (secondary N) is 3. The minimum Gasteiger partial charge on any atom is -0.465 e. The summed E-state index contributed by atoms with van der Waals surface area (Å²) in [5.41, 5.74) is 4.00. The molecule has 3 aromatic rings.